The van der Waals surface area contributed by atoms with Gasteiger partial charge in [-0.1, -0.05) is 168 Å². The van der Waals surface area contributed by atoms with Crippen molar-refractivity contribution in [1.82, 2.24) is 39.9 Å². The summed E-state index contributed by atoms with van der Waals surface area (Å²) in [7, 11) is 0. The zero-order valence-corrected chi connectivity index (χ0v) is 68.9. The zero-order chi connectivity index (χ0) is 83.6. The summed E-state index contributed by atoms with van der Waals surface area (Å²) in [5.74, 6) is 1.77. The molecule has 4 amide bonds. The number of carbonyl (C=O) groups excluding carboxylic acids is 4. The number of nitrogens with zero attached hydrogens (tertiary/aromatic N) is 8. The molecule has 4 aromatic heterocycles. The lowest BCUT2D eigenvalue weighted by atomic mass is 9.87. The molecule has 4 heterocycles. The molecule has 1 unspecified atom stereocenters. The van der Waals surface area contributed by atoms with Crippen molar-refractivity contribution in [2.75, 3.05) is 21.3 Å². The number of anilines is 4. The van der Waals surface area contributed by atoms with E-state index >= 15 is 0 Å². The molecule has 120 heavy (non-hydrogen) atoms. The number of benzene rings is 8. The first-order valence-electron chi connectivity index (χ1n) is 42.4. The minimum absolute atomic E-state index is 0.0361. The number of nitrogens with one attached hydrogen (secondary N) is 4. The van der Waals surface area contributed by atoms with Crippen LogP contribution in [-0.4, -0.2) is 63.5 Å². The van der Waals surface area contributed by atoms with E-state index in [1.165, 1.54) is 72.7 Å². The fourth-order valence-electron chi connectivity index (χ4n) is 16.3. The molecule has 1 atom stereocenters. The van der Waals surface area contributed by atoms with Crippen molar-refractivity contribution in [2.24, 2.45) is 17.8 Å². The van der Waals surface area contributed by atoms with E-state index in [1.54, 1.807) is 48.5 Å². The lowest BCUT2D eigenvalue weighted by molar-refractivity contribution is -0.119. The molecule has 5 aliphatic rings. The van der Waals surface area contributed by atoms with Crippen LogP contribution >= 0.6 is 0 Å². The molecular formula is C100H102F4N12O4. The number of hydrogen-bond acceptors (Lipinski definition) is 12. The Balaban J connectivity index is 0.000000131. The number of hydrogen-bond donors (Lipinski definition) is 4. The van der Waals surface area contributed by atoms with E-state index < -0.39 is 0 Å². The zero-order valence-electron chi connectivity index (χ0n) is 68.9. The van der Waals surface area contributed by atoms with Crippen LogP contribution in [0.25, 0.3) is 45.0 Å². The van der Waals surface area contributed by atoms with Gasteiger partial charge in [-0.25, -0.2) is 57.4 Å². The predicted molar refractivity (Wildman–Crippen MR) is 465 cm³/mol. The van der Waals surface area contributed by atoms with Gasteiger partial charge in [-0.3, -0.25) is 19.2 Å². The Bertz CT molecular complexity index is 5650. The van der Waals surface area contributed by atoms with Crippen LogP contribution in [0.1, 0.15) is 176 Å². The average molecular weight is 1610 g/mol. The highest BCUT2D eigenvalue weighted by Crippen LogP contribution is 2.39. The third-order valence-corrected chi connectivity index (χ3v) is 22.9. The number of aromatic nitrogens is 8. The van der Waals surface area contributed by atoms with Crippen LogP contribution in [0, 0.1) is 41.0 Å². The third kappa shape index (κ3) is 22.0. The number of amides is 4. The van der Waals surface area contributed by atoms with Crippen molar-refractivity contribution in [3.63, 3.8) is 0 Å². The van der Waals surface area contributed by atoms with Crippen molar-refractivity contribution < 1.29 is 36.7 Å². The van der Waals surface area contributed by atoms with Crippen LogP contribution in [0.5, 0.6) is 0 Å². The van der Waals surface area contributed by atoms with Gasteiger partial charge in [0, 0.05) is 47.9 Å². The smallest absolute Gasteiger partial charge is 0.228 e. The molecule has 1 saturated carbocycles. The first-order chi connectivity index (χ1) is 58.3. The van der Waals surface area contributed by atoms with E-state index in [0.29, 0.717) is 93.4 Å². The highest BCUT2D eigenvalue weighted by molar-refractivity contribution is 5.93. The summed E-state index contributed by atoms with van der Waals surface area (Å²) in [6.45, 7) is 9.42. The summed E-state index contributed by atoms with van der Waals surface area (Å²) in [5, 5.41) is 11.9. The van der Waals surface area contributed by atoms with Gasteiger partial charge in [0.1, 0.15) is 23.3 Å². The third-order valence-electron chi connectivity index (χ3n) is 22.9. The number of rotatable bonds is 22. The number of carbonyl (C=O) groups is 4. The molecule has 16 nitrogen and oxygen atoms in total. The van der Waals surface area contributed by atoms with E-state index in [0.717, 1.165) is 183 Å². The van der Waals surface area contributed by atoms with E-state index in [-0.39, 0.29) is 58.7 Å². The van der Waals surface area contributed by atoms with Gasteiger partial charge >= 0.3 is 0 Å². The van der Waals surface area contributed by atoms with Crippen molar-refractivity contribution in [3.05, 3.63) is 307 Å². The summed E-state index contributed by atoms with van der Waals surface area (Å²) >= 11 is 0. The Morgan fingerprint density at radius 3 is 0.958 bits per heavy atom. The second kappa shape index (κ2) is 40.0. The Morgan fingerprint density at radius 1 is 0.358 bits per heavy atom. The van der Waals surface area contributed by atoms with Crippen LogP contribution in [-0.2, 0) is 122 Å². The summed E-state index contributed by atoms with van der Waals surface area (Å²) in [6, 6.07) is 60.2. The minimum atomic E-state index is -0.232. The predicted octanol–water partition coefficient (Wildman–Crippen LogP) is 20.5. The van der Waals surface area contributed by atoms with Gasteiger partial charge in [-0.15, -0.1) is 0 Å². The van der Waals surface area contributed by atoms with Gasteiger partial charge in [0.25, 0.3) is 0 Å². The fraction of sp³-hybridized carbons (Fsp3) is 0.320. The van der Waals surface area contributed by atoms with E-state index in [4.69, 9.17) is 39.9 Å². The monoisotopic (exact) mass is 1610 g/mol. The van der Waals surface area contributed by atoms with Gasteiger partial charge < -0.3 is 21.3 Å². The molecule has 614 valence electrons. The van der Waals surface area contributed by atoms with E-state index in [2.05, 4.69) is 69.8 Å². The normalized spacial score (nSPS) is 13.4. The number of halogens is 4. The number of aryl methyl sites for hydroxylation is 16. The molecule has 5 aliphatic carbocycles. The Labute approximate surface area is 699 Å². The Hall–Kier alpha value is -12.3. The van der Waals surface area contributed by atoms with Crippen molar-refractivity contribution in [1.29, 1.82) is 0 Å². The maximum atomic E-state index is 13.8. The van der Waals surface area contributed by atoms with E-state index in [9.17, 15) is 36.7 Å². The van der Waals surface area contributed by atoms with Crippen LogP contribution < -0.4 is 21.3 Å². The summed E-state index contributed by atoms with van der Waals surface area (Å²) in [4.78, 5) is 88.4. The fourth-order valence-corrected chi connectivity index (χ4v) is 16.3. The van der Waals surface area contributed by atoms with Gasteiger partial charge in [0.2, 0.25) is 23.6 Å². The molecule has 0 spiro atoms. The largest absolute Gasteiger partial charge is 0.309 e. The molecule has 1 fully saturated rings. The van der Waals surface area contributed by atoms with Crippen LogP contribution in [0.2, 0.25) is 0 Å². The number of fused-ring (bicyclic) bond motifs is 12. The summed E-state index contributed by atoms with van der Waals surface area (Å²) in [6.07, 6.45) is 19.3. The van der Waals surface area contributed by atoms with Crippen molar-refractivity contribution >= 4 is 46.9 Å². The molecule has 0 saturated heterocycles. The Kier molecular flexibility index (Phi) is 28.0. The second-order valence-corrected chi connectivity index (χ2v) is 32.3. The van der Waals surface area contributed by atoms with Crippen LogP contribution in [0.3, 0.4) is 0 Å². The molecule has 20 heteroatoms. The summed E-state index contributed by atoms with van der Waals surface area (Å²) < 4.78 is 54.7. The first-order valence-corrected chi connectivity index (χ1v) is 42.4. The van der Waals surface area contributed by atoms with Crippen molar-refractivity contribution in [3.8, 4) is 45.0 Å². The molecule has 8 aromatic carbocycles. The molecule has 0 radical (unpaired) electrons. The van der Waals surface area contributed by atoms with Gasteiger partial charge in [0.15, 0.2) is 23.3 Å². The van der Waals surface area contributed by atoms with Gasteiger partial charge in [-0.2, -0.15) is 0 Å². The summed E-state index contributed by atoms with van der Waals surface area (Å²) in [5.41, 5.74) is 22.2. The SMILES string of the molecule is CC(=O)Nc1nc2c(nc1CCc1ccccc1)-c1ccc(F)cc1CC2.CC(C)CC(=O)Nc1nc2c(nc1CCc1ccccc1)-c1ccc(F)cc1CC2.CCC(C)C(=O)Nc1nc2c(nc1CCc1ccccc1)-c1ccc(F)cc1CC2.O=C(CC1CCCCC1)Nc1nc2c(nc1CCc1ccccc1)-c1ccc(F)cc1CC2. The molecule has 0 bridgehead atoms. The van der Waals surface area contributed by atoms with Crippen LogP contribution in [0.15, 0.2) is 194 Å². The maximum Gasteiger partial charge on any atom is 0.228 e. The lowest BCUT2D eigenvalue weighted by Crippen LogP contribution is -2.23. The molecular weight excluding hydrogens is 1510 g/mol. The molecule has 4 N–H and O–H groups in total. The molecule has 12 aromatic rings. The topological polar surface area (TPSA) is 220 Å². The highest BCUT2D eigenvalue weighted by atomic mass is 19.1. The second-order valence-electron chi connectivity index (χ2n) is 32.3. The first kappa shape index (κ1) is 84.1. The molecule has 17 rings (SSSR count). The van der Waals surface area contributed by atoms with Gasteiger partial charge in [-0.05, 0) is 251 Å². The standard InChI is InChI=1S/C28H30FN3O.2C25H26FN3O.C22H20FN3O/c29-22-13-14-23-21(18-22)12-16-24-27(23)30-25(15-11-19-7-3-1-4-8-19)28(31-24)32-26(33)17-20-9-5-2-6-10-20;1-16(2)14-23(30)29-25-22(12-8-17-6-4-3-5-7-17)27-24-20-11-10-19(26)15-18(20)9-13-21(24)28-25;1-3-16(2)25(30)29-24-22(13-9-17-7-5-4-6-8-17)27-23-20-12-11-19(26)15-18(20)10-14-21(23)28-24;1-14(27)24-22-20(11-7-15-5-3-2-4-6-15)25-21-18-10-9-17(23)13-16(18)8-12-19(21)26-22/h1,3-4,7-8,13-14,18,20H,2,5-6,9-12,15-17H2,(H,31,32,33);3-7,10-11,15-16H,8-9,12-14H2,1-2H3,(H,28,29,30);4-8,11-12,15-16H,3,9-10,13-14H2,1-2H3,(H,28,29,30);2-6,9-10,13H,7-8,11-12H2,1H3,(H,24,26,27). The maximum absolute atomic E-state index is 13.8. The lowest BCUT2D eigenvalue weighted by Gasteiger charge is -2.23. The van der Waals surface area contributed by atoms with Gasteiger partial charge in [0.05, 0.1) is 68.3 Å². The Morgan fingerprint density at radius 2 is 0.658 bits per heavy atom. The average Bonchev–Trinajstić information content (AvgIpc) is 0.787. The highest BCUT2D eigenvalue weighted by Gasteiger charge is 2.30. The van der Waals surface area contributed by atoms with E-state index in [1.807, 2.05) is 100 Å². The quantitative estimate of drug-likeness (QED) is 0.0466. The van der Waals surface area contributed by atoms with Crippen LogP contribution in [0.4, 0.5) is 40.8 Å². The minimum Gasteiger partial charge on any atom is -0.309 e. The molecule has 0 aliphatic heterocycles. The van der Waals surface area contributed by atoms with Crippen molar-refractivity contribution in [2.45, 2.75) is 189 Å².